The minimum Gasteiger partial charge on any atom is -0.510 e. The van der Waals surface area contributed by atoms with Crippen LogP contribution >= 0.6 is 0 Å². The number of hydrogen-bond acceptors (Lipinski definition) is 7. The number of benzene rings is 1. The molecule has 0 bridgehead atoms. The van der Waals surface area contributed by atoms with Crippen molar-refractivity contribution in [2.45, 2.75) is 25.0 Å². The third-order valence-electron chi connectivity index (χ3n) is 6.56. The van der Waals surface area contributed by atoms with Gasteiger partial charge in [0.25, 0.3) is 5.91 Å². The number of likely N-dealkylation sites (N-methyl/N-ethyl adjacent to an activating group) is 1. The van der Waals surface area contributed by atoms with Crippen LogP contribution in [0.15, 0.2) is 41.2 Å². The fourth-order valence-corrected chi connectivity index (χ4v) is 5.20. The van der Waals surface area contributed by atoms with E-state index in [1.165, 1.54) is 7.05 Å². The van der Waals surface area contributed by atoms with Crippen molar-refractivity contribution >= 4 is 23.2 Å². The number of fused-ring (bicyclic) bond motifs is 3. The lowest BCUT2D eigenvalue weighted by atomic mass is 9.56. The smallest absolute Gasteiger partial charge is 0.255 e. The van der Waals surface area contributed by atoms with Crippen LogP contribution in [0.4, 0.5) is 0 Å². The summed E-state index contributed by atoms with van der Waals surface area (Å²) in [6.07, 6.45) is 0.143. The highest BCUT2D eigenvalue weighted by molar-refractivity contribution is 6.28. The zero-order valence-corrected chi connectivity index (χ0v) is 16.0. The molecule has 0 heterocycles. The fourth-order valence-electron chi connectivity index (χ4n) is 5.20. The Bertz CT molecular complexity index is 1020. The molecule has 1 amide bonds. The van der Waals surface area contributed by atoms with Crippen molar-refractivity contribution in [3.63, 3.8) is 0 Å². The van der Waals surface area contributed by atoms with Gasteiger partial charge in [-0.25, -0.2) is 0 Å². The predicted octanol–water partition coefficient (Wildman–Crippen LogP) is 0.466. The van der Waals surface area contributed by atoms with E-state index >= 15 is 0 Å². The van der Waals surface area contributed by atoms with E-state index in [1.54, 1.807) is 31.2 Å². The van der Waals surface area contributed by atoms with E-state index in [0.717, 1.165) is 0 Å². The molecule has 0 radical (unpaired) electrons. The summed E-state index contributed by atoms with van der Waals surface area (Å²) in [5, 5.41) is 35.5. The molecule has 0 saturated heterocycles. The van der Waals surface area contributed by atoms with E-state index in [-0.39, 0.29) is 17.8 Å². The number of carbonyl (C=O) groups is 3. The van der Waals surface area contributed by atoms with Crippen LogP contribution in [0.25, 0.3) is 5.76 Å². The highest BCUT2D eigenvalue weighted by Gasteiger charge is 2.58. The van der Waals surface area contributed by atoms with Gasteiger partial charge in [0.2, 0.25) is 0 Å². The first-order valence-corrected chi connectivity index (χ1v) is 9.36. The zero-order valence-electron chi connectivity index (χ0n) is 16.0. The molecule has 0 aliphatic heterocycles. The van der Waals surface area contributed by atoms with Crippen molar-refractivity contribution in [3.05, 3.63) is 52.3 Å². The van der Waals surface area contributed by atoms with Crippen LogP contribution in [0.1, 0.15) is 24.5 Å². The summed E-state index contributed by atoms with van der Waals surface area (Å²) in [4.78, 5) is 38.1. The van der Waals surface area contributed by atoms with Gasteiger partial charge in [-0.3, -0.25) is 14.4 Å². The van der Waals surface area contributed by atoms with Crippen LogP contribution in [0.3, 0.4) is 0 Å². The Morgan fingerprint density at radius 2 is 1.86 bits per heavy atom. The summed E-state index contributed by atoms with van der Waals surface area (Å²) in [6.45, 7) is 1.57. The topological polar surface area (TPSA) is 150 Å². The van der Waals surface area contributed by atoms with Gasteiger partial charge in [0.05, 0.1) is 17.6 Å². The van der Waals surface area contributed by atoms with Crippen molar-refractivity contribution in [1.82, 2.24) is 5.32 Å². The first-order valence-electron chi connectivity index (χ1n) is 9.36. The standard InChI is InChI=1S/C21H22N2O6/c1-21(29)10-6-4-3-5-8(10)16(24)13-11(21)7-9-12(17(13)25)18(26)14(20(22)28)19(27)15(9)23-2/h3-6,9,11-12,15,23-24,27,29H,7H2,1-2H3,(H2,22,28). The lowest BCUT2D eigenvalue weighted by molar-refractivity contribution is -0.138. The molecule has 8 heteroatoms. The lowest BCUT2D eigenvalue weighted by Gasteiger charge is -2.48. The number of carbonyl (C=O) groups excluding carboxylic acids is 3. The molecule has 1 saturated carbocycles. The first-order chi connectivity index (χ1) is 13.6. The molecule has 3 aliphatic carbocycles. The second-order valence-corrected chi connectivity index (χ2v) is 8.00. The molecule has 5 unspecified atom stereocenters. The number of primary amides is 1. The predicted molar refractivity (Wildman–Crippen MR) is 102 cm³/mol. The van der Waals surface area contributed by atoms with Crippen LogP contribution in [0.5, 0.6) is 0 Å². The van der Waals surface area contributed by atoms with Gasteiger partial charge in [0, 0.05) is 17.1 Å². The van der Waals surface area contributed by atoms with Gasteiger partial charge in [0.15, 0.2) is 11.6 Å². The van der Waals surface area contributed by atoms with Crippen LogP contribution < -0.4 is 11.1 Å². The van der Waals surface area contributed by atoms with Crippen LogP contribution in [0, 0.1) is 17.8 Å². The number of hydrogen-bond donors (Lipinski definition) is 5. The van der Waals surface area contributed by atoms with Gasteiger partial charge < -0.3 is 26.4 Å². The Morgan fingerprint density at radius 1 is 1.21 bits per heavy atom. The van der Waals surface area contributed by atoms with E-state index in [2.05, 4.69) is 5.32 Å². The van der Waals surface area contributed by atoms with E-state index in [4.69, 9.17) is 5.73 Å². The minimum atomic E-state index is -1.47. The Hall–Kier alpha value is -2.97. The number of aliphatic hydroxyl groups is 3. The second kappa shape index (κ2) is 6.27. The zero-order chi connectivity index (χ0) is 21.2. The number of aliphatic hydroxyl groups excluding tert-OH is 2. The van der Waals surface area contributed by atoms with Gasteiger partial charge in [-0.1, -0.05) is 24.3 Å². The summed E-state index contributed by atoms with van der Waals surface area (Å²) in [7, 11) is 1.54. The number of amides is 1. The van der Waals surface area contributed by atoms with Gasteiger partial charge in [0.1, 0.15) is 17.1 Å². The molecule has 4 rings (SSSR count). The number of nitrogens with two attached hydrogens (primary N) is 1. The van der Waals surface area contributed by atoms with Crippen molar-refractivity contribution in [2.24, 2.45) is 23.5 Å². The Kier molecular flexibility index (Phi) is 4.18. The molecule has 8 nitrogen and oxygen atoms in total. The number of rotatable bonds is 2. The molecular formula is C21H22N2O6. The second-order valence-electron chi connectivity index (χ2n) is 8.00. The van der Waals surface area contributed by atoms with Crippen LogP contribution in [-0.4, -0.2) is 45.9 Å². The molecule has 29 heavy (non-hydrogen) atoms. The SMILES string of the molecule is CNC1C(O)=C(C(N)=O)C(=O)C2C(=O)C3=C(O)c4ccccc4C(C)(O)C3CC12. The summed E-state index contributed by atoms with van der Waals surface area (Å²) in [5.74, 6) is -6.15. The molecule has 0 spiro atoms. The summed E-state index contributed by atoms with van der Waals surface area (Å²) in [5.41, 5.74) is 4.00. The maximum Gasteiger partial charge on any atom is 0.255 e. The van der Waals surface area contributed by atoms with Gasteiger partial charge in [-0.05, 0) is 31.9 Å². The van der Waals surface area contributed by atoms with Crippen molar-refractivity contribution in [2.75, 3.05) is 7.05 Å². The quantitative estimate of drug-likeness (QED) is 0.359. The van der Waals surface area contributed by atoms with E-state index in [0.29, 0.717) is 11.1 Å². The number of Topliss-reactive ketones (excluding diaryl/α,β-unsaturated/α-hetero) is 2. The van der Waals surface area contributed by atoms with Crippen molar-refractivity contribution in [3.8, 4) is 0 Å². The minimum absolute atomic E-state index is 0.0247. The highest BCUT2D eigenvalue weighted by atomic mass is 16.3. The molecule has 1 aromatic rings. The molecule has 6 N–H and O–H groups in total. The summed E-state index contributed by atoms with van der Waals surface area (Å²) < 4.78 is 0. The molecule has 1 fully saturated rings. The average molecular weight is 398 g/mol. The van der Waals surface area contributed by atoms with E-state index in [9.17, 15) is 29.7 Å². The Balaban J connectivity index is 1.94. The van der Waals surface area contributed by atoms with Crippen molar-refractivity contribution < 1.29 is 29.7 Å². The number of ketones is 2. The summed E-state index contributed by atoms with van der Waals surface area (Å²) >= 11 is 0. The maximum absolute atomic E-state index is 13.4. The van der Waals surface area contributed by atoms with Crippen molar-refractivity contribution in [1.29, 1.82) is 0 Å². The Morgan fingerprint density at radius 3 is 2.48 bits per heavy atom. The molecule has 1 aromatic carbocycles. The van der Waals surface area contributed by atoms with Gasteiger partial charge >= 0.3 is 0 Å². The highest BCUT2D eigenvalue weighted by Crippen LogP contribution is 2.53. The average Bonchev–Trinajstić information content (AvgIpc) is 2.66. The lowest BCUT2D eigenvalue weighted by Crippen LogP contribution is -2.57. The van der Waals surface area contributed by atoms with Crippen LogP contribution in [0.2, 0.25) is 0 Å². The van der Waals surface area contributed by atoms with Gasteiger partial charge in [-0.15, -0.1) is 0 Å². The third kappa shape index (κ3) is 2.42. The molecule has 152 valence electrons. The third-order valence-corrected chi connectivity index (χ3v) is 6.56. The Labute approximate surface area is 166 Å². The van der Waals surface area contributed by atoms with E-state index in [1.807, 2.05) is 0 Å². The molecule has 3 aliphatic rings. The monoisotopic (exact) mass is 398 g/mol. The van der Waals surface area contributed by atoms with E-state index < -0.39 is 58.2 Å². The molecular weight excluding hydrogens is 376 g/mol. The number of nitrogens with one attached hydrogen (secondary N) is 1. The fraction of sp³-hybridized carbons (Fsp3) is 0.381. The molecule has 0 aromatic heterocycles. The first kappa shape index (κ1) is 19.4. The maximum atomic E-state index is 13.4. The summed E-state index contributed by atoms with van der Waals surface area (Å²) in [6, 6.07) is 5.83. The van der Waals surface area contributed by atoms with Crippen LogP contribution in [-0.2, 0) is 20.0 Å². The normalized spacial score (nSPS) is 33.9. The molecule has 5 atom stereocenters. The largest absolute Gasteiger partial charge is 0.510 e. The van der Waals surface area contributed by atoms with Gasteiger partial charge in [-0.2, -0.15) is 0 Å².